The van der Waals surface area contributed by atoms with Crippen molar-refractivity contribution in [2.45, 2.75) is 51.9 Å². The number of para-hydroxylation sites is 1. The Morgan fingerprint density at radius 1 is 1.16 bits per heavy atom. The third-order valence-electron chi connectivity index (χ3n) is 5.27. The molecule has 1 atom stereocenters. The van der Waals surface area contributed by atoms with Crippen LogP contribution in [0.3, 0.4) is 0 Å². The Labute approximate surface area is 187 Å². The van der Waals surface area contributed by atoms with Gasteiger partial charge in [-0.3, -0.25) is 9.69 Å². The van der Waals surface area contributed by atoms with Gasteiger partial charge in [-0.1, -0.05) is 67.1 Å². The van der Waals surface area contributed by atoms with Gasteiger partial charge in [0, 0.05) is 23.8 Å². The molecule has 4 rings (SSSR count). The Kier molecular flexibility index (Phi) is 6.23. The lowest BCUT2D eigenvalue weighted by Crippen LogP contribution is -2.36. The fourth-order valence-electron chi connectivity index (χ4n) is 3.73. The zero-order chi connectivity index (χ0) is 22.0. The van der Waals surface area contributed by atoms with Gasteiger partial charge in [-0.25, -0.2) is 0 Å². The lowest BCUT2D eigenvalue weighted by Gasteiger charge is -2.30. The van der Waals surface area contributed by atoms with Crippen LogP contribution in [0, 0.1) is 13.8 Å². The van der Waals surface area contributed by atoms with Crippen molar-refractivity contribution in [2.75, 3.05) is 10.7 Å². The predicted molar refractivity (Wildman–Crippen MR) is 123 cm³/mol. The normalized spacial score (nSPS) is 15.0. The number of carbonyl (C=O) groups excluding carboxylic acids is 1. The van der Waals surface area contributed by atoms with Crippen LogP contribution in [0.15, 0.2) is 47.6 Å². The molecule has 31 heavy (non-hydrogen) atoms. The van der Waals surface area contributed by atoms with E-state index in [4.69, 9.17) is 4.74 Å². The highest BCUT2D eigenvalue weighted by Gasteiger charge is 2.35. The smallest absolute Gasteiger partial charge is 0.247 e. The molecule has 1 aromatic heterocycles. The number of fused-ring (bicyclic) bond motifs is 3. The van der Waals surface area contributed by atoms with E-state index in [-0.39, 0.29) is 5.91 Å². The molecule has 0 unspecified atom stereocenters. The summed E-state index contributed by atoms with van der Waals surface area (Å²) in [5, 5.41) is 9.36. The van der Waals surface area contributed by atoms with Crippen molar-refractivity contribution in [1.82, 2.24) is 15.2 Å². The molecular weight excluding hydrogens is 408 g/mol. The van der Waals surface area contributed by atoms with E-state index >= 15 is 0 Å². The average molecular weight is 435 g/mol. The summed E-state index contributed by atoms with van der Waals surface area (Å²) in [5.41, 5.74) is 5.20. The first-order valence-electron chi connectivity index (χ1n) is 10.5. The van der Waals surface area contributed by atoms with Crippen molar-refractivity contribution < 1.29 is 9.53 Å². The molecule has 2 aromatic carbocycles. The minimum absolute atomic E-state index is 0.115. The van der Waals surface area contributed by atoms with E-state index in [1.807, 2.05) is 43.3 Å². The Morgan fingerprint density at radius 3 is 2.71 bits per heavy atom. The second-order valence-corrected chi connectivity index (χ2v) is 8.75. The third-order valence-corrected chi connectivity index (χ3v) is 6.20. The monoisotopic (exact) mass is 434 g/mol. The number of aromatic nitrogens is 3. The van der Waals surface area contributed by atoms with E-state index in [1.54, 1.807) is 23.6 Å². The minimum Gasteiger partial charge on any atom is -0.447 e. The second-order valence-electron chi connectivity index (χ2n) is 7.69. The Balaban J connectivity index is 1.87. The number of anilines is 1. The molecule has 160 valence electrons. The highest BCUT2D eigenvalue weighted by Crippen LogP contribution is 2.43. The quantitative estimate of drug-likeness (QED) is 0.391. The molecule has 1 aliphatic heterocycles. The van der Waals surface area contributed by atoms with Gasteiger partial charge in [-0.15, -0.1) is 10.2 Å². The van der Waals surface area contributed by atoms with Gasteiger partial charge in [-0.05, 0) is 31.9 Å². The first-order chi connectivity index (χ1) is 15.0. The van der Waals surface area contributed by atoms with Gasteiger partial charge in [0.2, 0.25) is 23.2 Å². The van der Waals surface area contributed by atoms with Crippen molar-refractivity contribution in [3.05, 3.63) is 59.2 Å². The fourth-order valence-corrected chi connectivity index (χ4v) is 4.59. The molecule has 0 N–H and O–H groups in total. The molecule has 0 saturated carbocycles. The molecule has 1 aliphatic rings. The third kappa shape index (κ3) is 4.28. The molecule has 2 heterocycles. The van der Waals surface area contributed by atoms with Crippen LogP contribution < -0.4 is 9.64 Å². The van der Waals surface area contributed by atoms with Gasteiger partial charge in [0.05, 0.1) is 5.69 Å². The Hall–Kier alpha value is -2.93. The van der Waals surface area contributed by atoms with Crippen LogP contribution in [0.5, 0.6) is 5.88 Å². The largest absolute Gasteiger partial charge is 0.447 e. The molecule has 0 aliphatic carbocycles. The molecule has 0 spiro atoms. The van der Waals surface area contributed by atoms with Gasteiger partial charge < -0.3 is 4.74 Å². The Bertz CT molecular complexity index is 1120. The summed E-state index contributed by atoms with van der Waals surface area (Å²) < 4.78 is 6.45. The number of ether oxygens (including phenoxy) is 1. The van der Waals surface area contributed by atoms with Gasteiger partial charge in [0.25, 0.3) is 0 Å². The molecule has 0 saturated heterocycles. The lowest BCUT2D eigenvalue weighted by atomic mass is 10.0. The number of hydrogen-bond acceptors (Lipinski definition) is 6. The van der Waals surface area contributed by atoms with Crippen LogP contribution in [-0.4, -0.2) is 26.8 Å². The van der Waals surface area contributed by atoms with Crippen molar-refractivity contribution in [3.63, 3.8) is 0 Å². The van der Waals surface area contributed by atoms with E-state index in [2.05, 4.69) is 35.1 Å². The number of benzene rings is 2. The standard InChI is InChI=1S/C24H26N4O2S/c1-5-6-13-31-24-25-22-21(26-27-24)19-9-7-8-10-20(19)28(17(4)29)23(30-22)18-12-11-15(2)14-16(18)3/h7-12,14,23H,5-6,13H2,1-4H3/t23-/m1/s1. The minimum atomic E-state index is -0.648. The first kappa shape index (κ1) is 21.3. The molecule has 0 bridgehead atoms. The van der Waals surface area contributed by atoms with Crippen LogP contribution in [0.25, 0.3) is 11.3 Å². The summed E-state index contributed by atoms with van der Waals surface area (Å²) in [6.45, 7) is 7.79. The van der Waals surface area contributed by atoms with Crippen LogP contribution in [0.4, 0.5) is 5.69 Å². The topological polar surface area (TPSA) is 68.2 Å². The lowest BCUT2D eigenvalue weighted by molar-refractivity contribution is -0.118. The number of thioether (sulfide) groups is 1. The number of unbranched alkanes of at least 4 members (excludes halogenated alkanes) is 1. The van der Waals surface area contributed by atoms with Crippen LogP contribution in [0.2, 0.25) is 0 Å². The van der Waals surface area contributed by atoms with Crippen molar-refractivity contribution in [3.8, 4) is 17.1 Å². The molecule has 6 nitrogen and oxygen atoms in total. The molecule has 3 aromatic rings. The number of carbonyl (C=O) groups is 1. The zero-order valence-corrected chi connectivity index (χ0v) is 19.1. The maximum Gasteiger partial charge on any atom is 0.247 e. The predicted octanol–water partition coefficient (Wildman–Crippen LogP) is 5.49. The SMILES string of the molecule is CCCCSc1nnc2c(n1)O[C@H](c1ccc(C)cc1C)N(C(C)=O)c1ccccc1-2. The van der Waals surface area contributed by atoms with Crippen LogP contribution in [0.1, 0.15) is 49.6 Å². The second kappa shape index (κ2) is 9.06. The number of rotatable bonds is 5. The zero-order valence-electron chi connectivity index (χ0n) is 18.3. The summed E-state index contributed by atoms with van der Waals surface area (Å²) in [6.07, 6.45) is 1.54. The van der Waals surface area contributed by atoms with Gasteiger partial charge in [0.15, 0.2) is 5.69 Å². The maximum absolute atomic E-state index is 12.9. The molecule has 7 heteroatoms. The maximum atomic E-state index is 12.9. The fraction of sp³-hybridized carbons (Fsp3) is 0.333. The molecular formula is C24H26N4O2S. The van der Waals surface area contributed by atoms with Crippen LogP contribution >= 0.6 is 11.8 Å². The van der Waals surface area contributed by atoms with Gasteiger partial charge in [-0.2, -0.15) is 4.98 Å². The van der Waals surface area contributed by atoms with E-state index in [9.17, 15) is 4.79 Å². The summed E-state index contributed by atoms with van der Waals surface area (Å²) >= 11 is 1.57. The van der Waals surface area contributed by atoms with Gasteiger partial charge >= 0.3 is 0 Å². The molecule has 0 fully saturated rings. The average Bonchev–Trinajstić information content (AvgIpc) is 2.88. The number of hydrogen-bond donors (Lipinski definition) is 0. The van der Waals surface area contributed by atoms with Gasteiger partial charge in [0.1, 0.15) is 0 Å². The highest BCUT2D eigenvalue weighted by molar-refractivity contribution is 7.99. The van der Waals surface area contributed by atoms with E-state index in [1.165, 1.54) is 0 Å². The number of aryl methyl sites for hydroxylation is 2. The number of nitrogens with zero attached hydrogens (tertiary/aromatic N) is 4. The van der Waals surface area contributed by atoms with Crippen LogP contribution in [-0.2, 0) is 4.79 Å². The summed E-state index contributed by atoms with van der Waals surface area (Å²) in [5.74, 6) is 1.21. The number of amides is 1. The Morgan fingerprint density at radius 2 is 1.97 bits per heavy atom. The van der Waals surface area contributed by atoms with Crippen molar-refractivity contribution in [1.29, 1.82) is 0 Å². The van der Waals surface area contributed by atoms with E-state index in [0.29, 0.717) is 16.7 Å². The van der Waals surface area contributed by atoms with Crippen molar-refractivity contribution >= 4 is 23.4 Å². The van der Waals surface area contributed by atoms with E-state index in [0.717, 1.165) is 46.5 Å². The summed E-state index contributed by atoms with van der Waals surface area (Å²) in [4.78, 5) is 19.2. The van der Waals surface area contributed by atoms with Crippen molar-refractivity contribution in [2.24, 2.45) is 0 Å². The molecule has 1 amide bonds. The summed E-state index contributed by atoms with van der Waals surface area (Å²) in [7, 11) is 0. The van der Waals surface area contributed by atoms with E-state index < -0.39 is 6.23 Å². The first-order valence-corrected chi connectivity index (χ1v) is 11.5. The highest BCUT2D eigenvalue weighted by atomic mass is 32.2. The molecule has 0 radical (unpaired) electrons. The summed E-state index contributed by atoms with van der Waals surface area (Å²) in [6, 6.07) is 13.8.